The summed E-state index contributed by atoms with van der Waals surface area (Å²) in [4.78, 5) is 7.83. The average molecular weight is 252 g/mol. The molecule has 0 bridgehead atoms. The summed E-state index contributed by atoms with van der Waals surface area (Å²) in [7, 11) is 0. The van der Waals surface area contributed by atoms with Crippen LogP contribution in [0.4, 0.5) is 0 Å². The second-order valence-corrected chi connectivity index (χ2v) is 4.49. The number of aromatic nitrogens is 2. The molecule has 0 amide bonds. The lowest BCUT2D eigenvalue weighted by molar-refractivity contribution is 0.297. The van der Waals surface area contributed by atoms with E-state index in [9.17, 15) is 0 Å². The number of fused-ring (bicyclic) bond motifs is 1. The number of aromatic amines is 1. The Hall–Kier alpha value is -2.29. The maximum absolute atomic E-state index is 5.68. The minimum absolute atomic E-state index is 0.458. The molecule has 3 nitrogen and oxygen atoms in total. The predicted octanol–water partition coefficient (Wildman–Crippen LogP) is 3.70. The van der Waals surface area contributed by atoms with Crippen LogP contribution in [0.1, 0.15) is 18.3 Å². The first-order valence-electron chi connectivity index (χ1n) is 6.50. The van der Waals surface area contributed by atoms with E-state index in [0.717, 1.165) is 29.0 Å². The topological polar surface area (TPSA) is 37.9 Å². The molecule has 2 aromatic carbocycles. The first kappa shape index (κ1) is 11.8. The maximum atomic E-state index is 5.68. The Bertz CT molecular complexity index is 674. The Morgan fingerprint density at radius 1 is 1.11 bits per heavy atom. The highest BCUT2D eigenvalue weighted by atomic mass is 16.5. The largest absolute Gasteiger partial charge is 0.486 e. The van der Waals surface area contributed by atoms with E-state index in [0.29, 0.717) is 6.61 Å². The van der Waals surface area contributed by atoms with Crippen molar-refractivity contribution in [2.75, 3.05) is 0 Å². The van der Waals surface area contributed by atoms with Gasteiger partial charge in [0.05, 0.1) is 11.0 Å². The van der Waals surface area contributed by atoms with Gasteiger partial charge in [0, 0.05) is 0 Å². The zero-order chi connectivity index (χ0) is 13.1. The molecule has 19 heavy (non-hydrogen) atoms. The number of rotatable bonds is 4. The molecule has 0 saturated heterocycles. The van der Waals surface area contributed by atoms with Crippen LogP contribution in [0.5, 0.6) is 5.75 Å². The van der Waals surface area contributed by atoms with E-state index >= 15 is 0 Å². The highest BCUT2D eigenvalue weighted by Crippen LogP contribution is 2.16. The number of H-pyrrole nitrogens is 1. The number of aryl methyl sites for hydroxylation is 1. The van der Waals surface area contributed by atoms with E-state index in [4.69, 9.17) is 4.74 Å². The van der Waals surface area contributed by atoms with E-state index in [-0.39, 0.29) is 0 Å². The van der Waals surface area contributed by atoms with Crippen molar-refractivity contribution in [2.45, 2.75) is 20.0 Å². The smallest absolute Gasteiger partial charge is 0.146 e. The zero-order valence-corrected chi connectivity index (χ0v) is 10.9. The van der Waals surface area contributed by atoms with Gasteiger partial charge in [-0.05, 0) is 36.2 Å². The number of hydrogen-bond donors (Lipinski definition) is 1. The molecule has 0 fully saturated rings. The molecular weight excluding hydrogens is 236 g/mol. The number of nitrogens with zero attached hydrogens (tertiary/aromatic N) is 1. The zero-order valence-electron chi connectivity index (χ0n) is 10.9. The van der Waals surface area contributed by atoms with E-state index in [1.165, 1.54) is 5.56 Å². The Labute approximate surface area is 112 Å². The van der Waals surface area contributed by atoms with Gasteiger partial charge >= 0.3 is 0 Å². The number of benzene rings is 2. The number of para-hydroxylation sites is 1. The number of hydrogen-bond acceptors (Lipinski definition) is 2. The maximum Gasteiger partial charge on any atom is 0.146 e. The molecule has 1 heterocycles. The highest BCUT2D eigenvalue weighted by Gasteiger charge is 2.04. The van der Waals surface area contributed by atoms with Crippen molar-refractivity contribution >= 4 is 11.0 Å². The summed E-state index contributed by atoms with van der Waals surface area (Å²) >= 11 is 0. The van der Waals surface area contributed by atoms with Gasteiger partial charge in [0.2, 0.25) is 0 Å². The molecule has 1 aromatic heterocycles. The monoisotopic (exact) mass is 252 g/mol. The Balaban J connectivity index is 1.78. The molecule has 3 heteroatoms. The molecule has 0 aliphatic rings. The van der Waals surface area contributed by atoms with Gasteiger partial charge in [-0.15, -0.1) is 0 Å². The summed E-state index contributed by atoms with van der Waals surface area (Å²) in [5.74, 6) is 1.71. The summed E-state index contributed by atoms with van der Waals surface area (Å²) in [6.45, 7) is 2.61. The summed E-state index contributed by atoms with van der Waals surface area (Å²) < 4.78 is 5.68. The van der Waals surface area contributed by atoms with Gasteiger partial charge < -0.3 is 9.72 Å². The third-order valence-corrected chi connectivity index (χ3v) is 3.12. The molecule has 1 N–H and O–H groups in total. The molecule has 3 rings (SSSR count). The minimum Gasteiger partial charge on any atom is -0.486 e. The molecule has 0 spiro atoms. The SMILES string of the molecule is CCc1ccc2nc(COc3ccccc3)[nH]c2c1. The van der Waals surface area contributed by atoms with Crippen molar-refractivity contribution in [3.8, 4) is 5.75 Å². The first-order valence-corrected chi connectivity index (χ1v) is 6.50. The fourth-order valence-corrected chi connectivity index (χ4v) is 2.07. The van der Waals surface area contributed by atoms with E-state index in [2.05, 4.69) is 35.1 Å². The number of ether oxygens (including phenoxy) is 1. The van der Waals surface area contributed by atoms with Gasteiger partial charge in [0.1, 0.15) is 18.2 Å². The molecule has 96 valence electrons. The fraction of sp³-hybridized carbons (Fsp3) is 0.188. The number of nitrogens with one attached hydrogen (secondary N) is 1. The van der Waals surface area contributed by atoms with Gasteiger partial charge in [0.25, 0.3) is 0 Å². The summed E-state index contributed by atoms with van der Waals surface area (Å²) in [5, 5.41) is 0. The van der Waals surface area contributed by atoms with Crippen LogP contribution in [-0.2, 0) is 13.0 Å². The van der Waals surface area contributed by atoms with Gasteiger partial charge in [-0.25, -0.2) is 4.98 Å². The second-order valence-electron chi connectivity index (χ2n) is 4.49. The Kier molecular flexibility index (Phi) is 3.19. The standard InChI is InChI=1S/C16H16N2O/c1-2-12-8-9-14-15(10-12)18-16(17-14)11-19-13-6-4-3-5-7-13/h3-10H,2,11H2,1H3,(H,17,18). The van der Waals surface area contributed by atoms with Crippen LogP contribution < -0.4 is 4.74 Å². The van der Waals surface area contributed by atoms with E-state index < -0.39 is 0 Å². The average Bonchev–Trinajstić information content (AvgIpc) is 2.88. The molecule has 0 saturated carbocycles. The quantitative estimate of drug-likeness (QED) is 0.768. The van der Waals surface area contributed by atoms with Gasteiger partial charge in [-0.1, -0.05) is 31.2 Å². The van der Waals surface area contributed by atoms with Crippen molar-refractivity contribution in [3.05, 3.63) is 59.9 Å². The van der Waals surface area contributed by atoms with Crippen molar-refractivity contribution in [3.63, 3.8) is 0 Å². The van der Waals surface area contributed by atoms with Crippen LogP contribution in [0.15, 0.2) is 48.5 Å². The minimum atomic E-state index is 0.458. The lowest BCUT2D eigenvalue weighted by Gasteiger charge is -2.02. The van der Waals surface area contributed by atoms with E-state index in [1.54, 1.807) is 0 Å². The van der Waals surface area contributed by atoms with Crippen LogP contribution in [0.2, 0.25) is 0 Å². The van der Waals surface area contributed by atoms with Crippen LogP contribution in [0.25, 0.3) is 11.0 Å². The molecular formula is C16H16N2O. The summed E-state index contributed by atoms with van der Waals surface area (Å²) in [6, 6.07) is 16.1. The van der Waals surface area contributed by atoms with Crippen molar-refractivity contribution in [1.82, 2.24) is 9.97 Å². The second kappa shape index (κ2) is 5.14. The Morgan fingerprint density at radius 2 is 1.95 bits per heavy atom. The molecule has 3 aromatic rings. The molecule has 0 aliphatic heterocycles. The van der Waals surface area contributed by atoms with Crippen molar-refractivity contribution < 1.29 is 4.74 Å². The van der Waals surface area contributed by atoms with Gasteiger partial charge in [-0.2, -0.15) is 0 Å². The van der Waals surface area contributed by atoms with E-state index in [1.807, 2.05) is 30.3 Å². The third kappa shape index (κ3) is 2.60. The summed E-state index contributed by atoms with van der Waals surface area (Å²) in [6.07, 6.45) is 1.03. The van der Waals surface area contributed by atoms with Gasteiger partial charge in [0.15, 0.2) is 0 Å². The summed E-state index contributed by atoms with van der Waals surface area (Å²) in [5.41, 5.74) is 3.38. The fourth-order valence-electron chi connectivity index (χ4n) is 2.07. The van der Waals surface area contributed by atoms with Crippen molar-refractivity contribution in [2.24, 2.45) is 0 Å². The molecule has 0 aliphatic carbocycles. The molecule has 0 unspecified atom stereocenters. The number of imidazole rings is 1. The predicted molar refractivity (Wildman–Crippen MR) is 76.2 cm³/mol. The van der Waals surface area contributed by atoms with Crippen LogP contribution in [0, 0.1) is 0 Å². The third-order valence-electron chi connectivity index (χ3n) is 3.12. The van der Waals surface area contributed by atoms with Crippen molar-refractivity contribution in [1.29, 1.82) is 0 Å². The Morgan fingerprint density at radius 3 is 2.74 bits per heavy atom. The normalized spacial score (nSPS) is 10.8. The van der Waals surface area contributed by atoms with Crippen LogP contribution in [0.3, 0.4) is 0 Å². The molecule has 0 radical (unpaired) electrons. The highest BCUT2D eigenvalue weighted by molar-refractivity contribution is 5.75. The van der Waals surface area contributed by atoms with Crippen LogP contribution in [-0.4, -0.2) is 9.97 Å². The lowest BCUT2D eigenvalue weighted by atomic mass is 10.1. The van der Waals surface area contributed by atoms with Gasteiger partial charge in [-0.3, -0.25) is 0 Å². The lowest BCUT2D eigenvalue weighted by Crippen LogP contribution is -1.96. The molecule has 0 atom stereocenters. The first-order chi connectivity index (χ1) is 9.35. The van der Waals surface area contributed by atoms with Crippen LogP contribution >= 0.6 is 0 Å².